The van der Waals surface area contributed by atoms with E-state index in [0.29, 0.717) is 17.1 Å². The summed E-state index contributed by atoms with van der Waals surface area (Å²) in [5.74, 6) is -0.0839. The first kappa shape index (κ1) is 23.6. The summed E-state index contributed by atoms with van der Waals surface area (Å²) in [7, 11) is 0. The molecular formula is C26H33ClN4O2. The van der Waals surface area contributed by atoms with Gasteiger partial charge in [0.15, 0.2) is 0 Å². The third-order valence-electron chi connectivity index (χ3n) is 6.59. The van der Waals surface area contributed by atoms with E-state index in [0.717, 1.165) is 56.8 Å². The first-order valence-corrected chi connectivity index (χ1v) is 12.4. The minimum atomic E-state index is -0.0707. The molecule has 0 aromatic heterocycles. The van der Waals surface area contributed by atoms with Gasteiger partial charge in [0, 0.05) is 48.5 Å². The Balaban J connectivity index is 1.28. The van der Waals surface area contributed by atoms with Gasteiger partial charge in [-0.05, 0) is 75.2 Å². The predicted molar refractivity (Wildman–Crippen MR) is 133 cm³/mol. The summed E-state index contributed by atoms with van der Waals surface area (Å²) in [6, 6.07) is 14.9. The molecule has 2 fully saturated rings. The highest BCUT2D eigenvalue weighted by atomic mass is 35.5. The Bertz CT molecular complexity index is 936. The van der Waals surface area contributed by atoms with Gasteiger partial charge in [0.2, 0.25) is 0 Å². The van der Waals surface area contributed by atoms with Gasteiger partial charge in [-0.1, -0.05) is 30.2 Å². The average Bonchev–Trinajstić information content (AvgIpc) is 2.85. The second-order valence-corrected chi connectivity index (χ2v) is 9.35. The molecule has 2 aromatic rings. The number of rotatable bonds is 7. The molecule has 2 aromatic carbocycles. The summed E-state index contributed by atoms with van der Waals surface area (Å²) in [6.07, 6.45) is 5.51. The first-order valence-electron chi connectivity index (χ1n) is 12.0. The summed E-state index contributed by atoms with van der Waals surface area (Å²) < 4.78 is 0. The molecule has 0 saturated carbocycles. The van der Waals surface area contributed by atoms with Crippen LogP contribution in [-0.4, -0.2) is 62.0 Å². The fraction of sp³-hybridized carbons (Fsp3) is 0.462. The summed E-state index contributed by atoms with van der Waals surface area (Å²) in [6.45, 7) is 5.44. The maximum Gasteiger partial charge on any atom is 0.253 e. The van der Waals surface area contributed by atoms with Crippen molar-refractivity contribution in [3.63, 3.8) is 0 Å². The molecule has 2 N–H and O–H groups in total. The van der Waals surface area contributed by atoms with Gasteiger partial charge in [0.05, 0.1) is 5.56 Å². The number of carbonyl (C=O) groups is 2. The van der Waals surface area contributed by atoms with Crippen molar-refractivity contribution in [1.82, 2.24) is 15.5 Å². The Morgan fingerprint density at radius 2 is 1.58 bits per heavy atom. The zero-order chi connectivity index (χ0) is 23.0. The molecule has 0 atom stereocenters. The van der Waals surface area contributed by atoms with Crippen LogP contribution in [0.15, 0.2) is 48.5 Å². The maximum absolute atomic E-state index is 12.9. The predicted octanol–water partition coefficient (Wildman–Crippen LogP) is 3.95. The zero-order valence-corrected chi connectivity index (χ0v) is 19.8. The minimum Gasteiger partial charge on any atom is -0.371 e. The van der Waals surface area contributed by atoms with Gasteiger partial charge in [-0.25, -0.2) is 0 Å². The maximum atomic E-state index is 12.9. The number of hydrogen-bond donors (Lipinski definition) is 2. The van der Waals surface area contributed by atoms with Crippen molar-refractivity contribution < 1.29 is 9.59 Å². The van der Waals surface area contributed by atoms with E-state index in [1.807, 2.05) is 24.3 Å². The van der Waals surface area contributed by atoms with Crippen molar-refractivity contribution >= 4 is 29.1 Å². The number of anilines is 1. The van der Waals surface area contributed by atoms with E-state index < -0.39 is 0 Å². The largest absolute Gasteiger partial charge is 0.371 e. The summed E-state index contributed by atoms with van der Waals surface area (Å²) >= 11 is 5.91. The number of hydrogen-bond acceptors (Lipinski definition) is 4. The third kappa shape index (κ3) is 6.49. The van der Waals surface area contributed by atoms with Crippen LogP contribution in [0.1, 0.15) is 52.8 Å². The summed E-state index contributed by atoms with van der Waals surface area (Å²) in [4.78, 5) is 30.1. The van der Waals surface area contributed by atoms with Crippen LogP contribution in [0.3, 0.4) is 0 Å². The first-order chi connectivity index (χ1) is 16.1. The van der Waals surface area contributed by atoms with Gasteiger partial charge >= 0.3 is 0 Å². The molecule has 0 spiro atoms. The number of piperidine rings is 2. The Morgan fingerprint density at radius 3 is 2.30 bits per heavy atom. The lowest BCUT2D eigenvalue weighted by Crippen LogP contribution is -2.45. The van der Waals surface area contributed by atoms with Crippen molar-refractivity contribution in [2.75, 3.05) is 44.2 Å². The van der Waals surface area contributed by atoms with Crippen molar-refractivity contribution in [1.29, 1.82) is 0 Å². The molecule has 0 radical (unpaired) electrons. The van der Waals surface area contributed by atoms with E-state index in [9.17, 15) is 9.59 Å². The summed E-state index contributed by atoms with van der Waals surface area (Å²) in [5.41, 5.74) is 2.31. The number of carbonyl (C=O) groups excluding carboxylic acids is 2. The quantitative estimate of drug-likeness (QED) is 0.645. The van der Waals surface area contributed by atoms with Crippen LogP contribution in [0.5, 0.6) is 0 Å². The van der Waals surface area contributed by atoms with Crippen LogP contribution >= 0.6 is 11.6 Å². The average molecular weight is 469 g/mol. The van der Waals surface area contributed by atoms with Crippen LogP contribution in [-0.2, 0) is 0 Å². The number of para-hydroxylation sites is 1. The van der Waals surface area contributed by atoms with E-state index in [1.54, 1.807) is 24.3 Å². The molecule has 6 nitrogen and oxygen atoms in total. The third-order valence-corrected chi connectivity index (χ3v) is 6.84. The standard InChI is InChI=1S/C26H33ClN4O2/c27-21-10-8-20(9-11-21)25(32)29-22-12-17-31(18-13-22)24-7-3-2-6-23(24)26(33)28-14-19-30-15-4-1-5-16-30/h2-3,6-11,22H,1,4-5,12-19H2,(H,28,33)(H,29,32). The van der Waals surface area contributed by atoms with Crippen molar-refractivity contribution in [2.24, 2.45) is 0 Å². The molecule has 2 amide bonds. The van der Waals surface area contributed by atoms with Crippen LogP contribution in [0, 0.1) is 0 Å². The van der Waals surface area contributed by atoms with Gasteiger partial charge in [-0.2, -0.15) is 0 Å². The van der Waals surface area contributed by atoms with Gasteiger partial charge in [0.25, 0.3) is 11.8 Å². The minimum absolute atomic E-state index is 0.0132. The van der Waals surface area contributed by atoms with Gasteiger partial charge in [-0.3, -0.25) is 9.59 Å². The fourth-order valence-corrected chi connectivity index (χ4v) is 4.81. The molecule has 33 heavy (non-hydrogen) atoms. The zero-order valence-electron chi connectivity index (χ0n) is 19.1. The number of nitrogens with zero attached hydrogens (tertiary/aromatic N) is 2. The molecule has 2 aliphatic rings. The van der Waals surface area contributed by atoms with E-state index in [-0.39, 0.29) is 17.9 Å². The van der Waals surface area contributed by atoms with Crippen LogP contribution in [0.25, 0.3) is 0 Å². The number of likely N-dealkylation sites (tertiary alicyclic amines) is 1. The van der Waals surface area contributed by atoms with Crippen LogP contribution in [0.4, 0.5) is 5.69 Å². The second-order valence-electron chi connectivity index (χ2n) is 8.92. The van der Waals surface area contributed by atoms with E-state index >= 15 is 0 Å². The van der Waals surface area contributed by atoms with Crippen molar-refractivity contribution in [2.45, 2.75) is 38.1 Å². The molecule has 4 rings (SSSR count). The van der Waals surface area contributed by atoms with Gasteiger partial charge in [-0.15, -0.1) is 0 Å². The van der Waals surface area contributed by atoms with E-state index in [1.165, 1.54) is 19.3 Å². The lowest BCUT2D eigenvalue weighted by molar-refractivity contribution is 0.0929. The van der Waals surface area contributed by atoms with Gasteiger partial charge in [0.1, 0.15) is 0 Å². The lowest BCUT2D eigenvalue weighted by atomic mass is 10.0. The number of halogens is 1. The number of nitrogens with one attached hydrogen (secondary N) is 2. The van der Waals surface area contributed by atoms with Crippen molar-refractivity contribution in [3.05, 3.63) is 64.7 Å². The molecule has 2 saturated heterocycles. The van der Waals surface area contributed by atoms with Gasteiger partial charge < -0.3 is 20.4 Å². The number of benzene rings is 2. The highest BCUT2D eigenvalue weighted by Gasteiger charge is 2.24. The normalized spacial score (nSPS) is 17.5. The highest BCUT2D eigenvalue weighted by Crippen LogP contribution is 2.24. The molecule has 0 bridgehead atoms. The monoisotopic (exact) mass is 468 g/mol. The Kier molecular flexibility index (Phi) is 8.24. The second kappa shape index (κ2) is 11.5. The molecule has 176 valence electrons. The van der Waals surface area contributed by atoms with Crippen molar-refractivity contribution in [3.8, 4) is 0 Å². The lowest BCUT2D eigenvalue weighted by Gasteiger charge is -2.35. The van der Waals surface area contributed by atoms with Crippen LogP contribution in [0.2, 0.25) is 5.02 Å². The highest BCUT2D eigenvalue weighted by molar-refractivity contribution is 6.30. The molecule has 7 heteroatoms. The molecule has 0 aliphatic carbocycles. The Hall–Kier alpha value is -2.57. The summed E-state index contributed by atoms with van der Waals surface area (Å²) in [5, 5.41) is 6.86. The molecule has 2 aliphatic heterocycles. The molecular weight excluding hydrogens is 436 g/mol. The van der Waals surface area contributed by atoms with Crippen LogP contribution < -0.4 is 15.5 Å². The number of amides is 2. The SMILES string of the molecule is O=C(NC1CCN(c2ccccc2C(=O)NCCN2CCCCC2)CC1)c1ccc(Cl)cc1. The fourth-order valence-electron chi connectivity index (χ4n) is 4.68. The molecule has 2 heterocycles. The Labute approximate surface area is 201 Å². The van der Waals surface area contributed by atoms with E-state index in [4.69, 9.17) is 11.6 Å². The Morgan fingerprint density at radius 1 is 0.879 bits per heavy atom. The topological polar surface area (TPSA) is 64.7 Å². The van der Waals surface area contributed by atoms with E-state index in [2.05, 4.69) is 20.4 Å². The smallest absolute Gasteiger partial charge is 0.253 e. The molecule has 0 unspecified atom stereocenters.